The lowest BCUT2D eigenvalue weighted by atomic mass is 10.2. The molecule has 0 unspecified atom stereocenters. The Kier molecular flexibility index (Phi) is 3.11. The molecule has 0 amide bonds. The van der Waals surface area contributed by atoms with Crippen molar-refractivity contribution in [3.8, 4) is 11.3 Å². The largest absolute Gasteiger partial charge is 0.322 e. The second-order valence-electron chi connectivity index (χ2n) is 3.28. The molecule has 3 heteroatoms. The minimum atomic E-state index is 1.05. The first-order valence-electron chi connectivity index (χ1n) is 5.03. The van der Waals surface area contributed by atoms with E-state index in [2.05, 4.69) is 47.8 Å². The van der Waals surface area contributed by atoms with Gasteiger partial charge in [0.1, 0.15) is 0 Å². The highest BCUT2D eigenvalue weighted by atomic mass is 32.2. The van der Waals surface area contributed by atoms with Crippen molar-refractivity contribution in [2.75, 3.05) is 5.75 Å². The van der Waals surface area contributed by atoms with Gasteiger partial charge in [-0.15, -0.1) is 0 Å². The molecule has 0 aliphatic heterocycles. The van der Waals surface area contributed by atoms with Gasteiger partial charge < -0.3 is 4.57 Å². The van der Waals surface area contributed by atoms with E-state index in [4.69, 9.17) is 0 Å². The third-order valence-corrected chi connectivity index (χ3v) is 3.21. The Hall–Kier alpha value is -1.22. The molecular formula is C12H14N2S. The number of rotatable bonds is 3. The minimum absolute atomic E-state index is 1.05. The van der Waals surface area contributed by atoms with Gasteiger partial charge in [0, 0.05) is 7.05 Å². The molecule has 1 heterocycles. The standard InChI is InChI=1S/C12H14N2S/c1-3-15-12-13-9-11(14(12)2)10-7-5-4-6-8-10/h4-9H,3H2,1-2H3. The van der Waals surface area contributed by atoms with E-state index in [1.54, 1.807) is 11.8 Å². The molecule has 2 aromatic rings. The van der Waals surface area contributed by atoms with Crippen molar-refractivity contribution in [3.05, 3.63) is 36.5 Å². The Morgan fingerprint density at radius 3 is 2.67 bits per heavy atom. The van der Waals surface area contributed by atoms with Crippen LogP contribution in [-0.2, 0) is 7.05 Å². The quantitative estimate of drug-likeness (QED) is 0.736. The van der Waals surface area contributed by atoms with E-state index in [1.165, 1.54) is 11.3 Å². The van der Waals surface area contributed by atoms with Crippen molar-refractivity contribution < 1.29 is 0 Å². The molecule has 0 saturated carbocycles. The maximum Gasteiger partial charge on any atom is 0.168 e. The molecule has 2 nitrogen and oxygen atoms in total. The number of nitrogens with zero attached hydrogens (tertiary/aromatic N) is 2. The minimum Gasteiger partial charge on any atom is -0.322 e. The SMILES string of the molecule is CCSc1ncc(-c2ccccc2)n1C. The number of benzene rings is 1. The van der Waals surface area contributed by atoms with Gasteiger partial charge in [0.15, 0.2) is 5.16 Å². The lowest BCUT2D eigenvalue weighted by Crippen LogP contribution is -1.93. The zero-order valence-electron chi connectivity index (χ0n) is 8.97. The zero-order valence-corrected chi connectivity index (χ0v) is 9.79. The van der Waals surface area contributed by atoms with Crippen molar-refractivity contribution >= 4 is 11.8 Å². The van der Waals surface area contributed by atoms with Gasteiger partial charge in [-0.3, -0.25) is 0 Å². The van der Waals surface area contributed by atoms with Crippen LogP contribution >= 0.6 is 11.8 Å². The number of hydrogen-bond donors (Lipinski definition) is 0. The Balaban J connectivity index is 2.38. The fraction of sp³-hybridized carbons (Fsp3) is 0.250. The predicted molar refractivity (Wildman–Crippen MR) is 65.0 cm³/mol. The van der Waals surface area contributed by atoms with Crippen LogP contribution in [0.5, 0.6) is 0 Å². The Labute approximate surface area is 94.3 Å². The number of thioether (sulfide) groups is 1. The molecular weight excluding hydrogens is 204 g/mol. The van der Waals surface area contributed by atoms with Gasteiger partial charge >= 0.3 is 0 Å². The van der Waals surface area contributed by atoms with Crippen LogP contribution in [-0.4, -0.2) is 15.3 Å². The molecule has 0 aliphatic rings. The van der Waals surface area contributed by atoms with Gasteiger partial charge in [-0.1, -0.05) is 49.0 Å². The molecule has 0 saturated heterocycles. The summed E-state index contributed by atoms with van der Waals surface area (Å²) < 4.78 is 2.14. The molecule has 0 spiro atoms. The maximum atomic E-state index is 4.41. The normalized spacial score (nSPS) is 10.5. The fourth-order valence-corrected chi connectivity index (χ4v) is 2.21. The van der Waals surface area contributed by atoms with E-state index in [0.717, 1.165) is 10.9 Å². The first-order chi connectivity index (χ1) is 7.33. The summed E-state index contributed by atoms with van der Waals surface area (Å²) in [5.41, 5.74) is 2.39. The van der Waals surface area contributed by atoms with Crippen molar-refractivity contribution in [1.82, 2.24) is 9.55 Å². The van der Waals surface area contributed by atoms with Crippen molar-refractivity contribution in [2.45, 2.75) is 12.1 Å². The maximum absolute atomic E-state index is 4.41. The van der Waals surface area contributed by atoms with Crippen molar-refractivity contribution in [2.24, 2.45) is 7.05 Å². The van der Waals surface area contributed by atoms with Gasteiger partial charge in [-0.25, -0.2) is 4.98 Å². The zero-order chi connectivity index (χ0) is 10.7. The molecule has 0 bridgehead atoms. The third-order valence-electron chi connectivity index (χ3n) is 2.29. The van der Waals surface area contributed by atoms with Gasteiger partial charge in [0.25, 0.3) is 0 Å². The topological polar surface area (TPSA) is 17.8 Å². The van der Waals surface area contributed by atoms with Crippen LogP contribution in [0.3, 0.4) is 0 Å². The Morgan fingerprint density at radius 2 is 2.00 bits per heavy atom. The smallest absolute Gasteiger partial charge is 0.168 e. The molecule has 2 rings (SSSR count). The molecule has 1 aromatic carbocycles. The Bertz CT molecular complexity index is 434. The summed E-state index contributed by atoms with van der Waals surface area (Å²) in [6, 6.07) is 10.3. The highest BCUT2D eigenvalue weighted by molar-refractivity contribution is 7.99. The summed E-state index contributed by atoms with van der Waals surface area (Å²) in [6.45, 7) is 2.14. The summed E-state index contributed by atoms with van der Waals surface area (Å²) in [6.07, 6.45) is 1.94. The summed E-state index contributed by atoms with van der Waals surface area (Å²) in [5.74, 6) is 1.05. The fourth-order valence-electron chi connectivity index (χ4n) is 1.53. The number of aromatic nitrogens is 2. The van der Waals surface area contributed by atoms with Crippen molar-refractivity contribution in [3.63, 3.8) is 0 Å². The third kappa shape index (κ3) is 2.07. The summed E-state index contributed by atoms with van der Waals surface area (Å²) in [5, 5.41) is 1.08. The summed E-state index contributed by atoms with van der Waals surface area (Å²) >= 11 is 1.77. The van der Waals surface area contributed by atoms with Crippen LogP contribution in [0.1, 0.15) is 6.92 Å². The monoisotopic (exact) mass is 218 g/mol. The lowest BCUT2D eigenvalue weighted by molar-refractivity contribution is 0.797. The van der Waals surface area contributed by atoms with Crippen LogP contribution in [0.15, 0.2) is 41.7 Å². The molecule has 0 radical (unpaired) electrons. The molecule has 0 aliphatic carbocycles. The number of hydrogen-bond acceptors (Lipinski definition) is 2. The van der Waals surface area contributed by atoms with E-state index in [1.807, 2.05) is 12.3 Å². The van der Waals surface area contributed by atoms with E-state index in [-0.39, 0.29) is 0 Å². The molecule has 0 fully saturated rings. The Morgan fingerprint density at radius 1 is 1.27 bits per heavy atom. The first kappa shape index (κ1) is 10.3. The van der Waals surface area contributed by atoms with E-state index >= 15 is 0 Å². The molecule has 1 aromatic heterocycles. The predicted octanol–water partition coefficient (Wildman–Crippen LogP) is 3.20. The van der Waals surface area contributed by atoms with Gasteiger partial charge in [0.05, 0.1) is 11.9 Å². The average Bonchev–Trinajstić information content (AvgIpc) is 2.63. The highest BCUT2D eigenvalue weighted by Crippen LogP contribution is 2.24. The lowest BCUT2D eigenvalue weighted by Gasteiger charge is -2.04. The van der Waals surface area contributed by atoms with Crippen LogP contribution in [0, 0.1) is 0 Å². The van der Waals surface area contributed by atoms with Crippen LogP contribution < -0.4 is 0 Å². The molecule has 0 atom stereocenters. The van der Waals surface area contributed by atoms with Crippen LogP contribution in [0.4, 0.5) is 0 Å². The van der Waals surface area contributed by atoms with E-state index in [9.17, 15) is 0 Å². The van der Waals surface area contributed by atoms with E-state index < -0.39 is 0 Å². The average molecular weight is 218 g/mol. The summed E-state index contributed by atoms with van der Waals surface area (Å²) in [7, 11) is 2.06. The summed E-state index contributed by atoms with van der Waals surface area (Å²) in [4.78, 5) is 4.41. The molecule has 15 heavy (non-hydrogen) atoms. The molecule has 0 N–H and O–H groups in total. The van der Waals surface area contributed by atoms with Gasteiger partial charge in [-0.2, -0.15) is 0 Å². The second kappa shape index (κ2) is 4.53. The van der Waals surface area contributed by atoms with Crippen LogP contribution in [0.2, 0.25) is 0 Å². The second-order valence-corrected chi connectivity index (χ2v) is 4.52. The van der Waals surface area contributed by atoms with Gasteiger partial charge in [0.2, 0.25) is 0 Å². The molecule has 78 valence electrons. The van der Waals surface area contributed by atoms with Gasteiger partial charge in [-0.05, 0) is 11.3 Å². The van der Waals surface area contributed by atoms with Crippen molar-refractivity contribution in [1.29, 1.82) is 0 Å². The van der Waals surface area contributed by atoms with E-state index in [0.29, 0.717) is 0 Å². The first-order valence-corrected chi connectivity index (χ1v) is 6.01. The van der Waals surface area contributed by atoms with Crippen LogP contribution in [0.25, 0.3) is 11.3 Å². The highest BCUT2D eigenvalue weighted by Gasteiger charge is 2.07. The number of imidazole rings is 1.